The van der Waals surface area contributed by atoms with Crippen molar-refractivity contribution in [2.24, 2.45) is 0 Å². The highest BCUT2D eigenvalue weighted by molar-refractivity contribution is 9.10. The molecule has 0 aliphatic carbocycles. The summed E-state index contributed by atoms with van der Waals surface area (Å²) < 4.78 is 6.19. The second-order valence-corrected chi connectivity index (χ2v) is 6.53. The molecule has 0 amide bonds. The van der Waals surface area contributed by atoms with E-state index < -0.39 is 0 Å². The number of hydrogen-bond acceptors (Lipinski definition) is 3. The van der Waals surface area contributed by atoms with Crippen LogP contribution in [-0.2, 0) is 11.3 Å². The fourth-order valence-electron chi connectivity index (χ4n) is 2.58. The van der Waals surface area contributed by atoms with E-state index in [-0.39, 0.29) is 0 Å². The molecule has 0 spiro atoms. The van der Waals surface area contributed by atoms with E-state index >= 15 is 0 Å². The van der Waals surface area contributed by atoms with Crippen LogP contribution in [0.25, 0.3) is 0 Å². The van der Waals surface area contributed by atoms with Gasteiger partial charge in [-0.05, 0) is 53.0 Å². The van der Waals surface area contributed by atoms with Crippen molar-refractivity contribution >= 4 is 27.5 Å². The molecule has 0 bridgehead atoms. The summed E-state index contributed by atoms with van der Waals surface area (Å²) in [7, 11) is 1.75. The van der Waals surface area contributed by atoms with Gasteiger partial charge in [-0.15, -0.1) is 0 Å². The minimum Gasteiger partial charge on any atom is -0.383 e. The van der Waals surface area contributed by atoms with Gasteiger partial charge in [0.15, 0.2) is 0 Å². The van der Waals surface area contributed by atoms with Crippen molar-refractivity contribution in [3.63, 3.8) is 0 Å². The summed E-state index contributed by atoms with van der Waals surface area (Å²) in [6.07, 6.45) is 2.56. The highest BCUT2D eigenvalue weighted by Gasteiger charge is 2.18. The Bertz CT molecular complexity index is 424. The summed E-state index contributed by atoms with van der Waals surface area (Å²) in [4.78, 5) is 2.45. The number of rotatable bonds is 7. The first-order chi connectivity index (χ1) is 9.69. The molecular formula is C15H22BrClN2O. The molecule has 1 aliphatic rings. The average Bonchev–Trinajstić information content (AvgIpc) is 2.93. The number of methoxy groups -OCH3 is 1. The lowest BCUT2D eigenvalue weighted by Crippen LogP contribution is -2.38. The van der Waals surface area contributed by atoms with Crippen LogP contribution in [0.1, 0.15) is 18.4 Å². The minimum absolute atomic E-state index is 0.614. The highest BCUT2D eigenvalue weighted by atomic mass is 79.9. The van der Waals surface area contributed by atoms with E-state index in [1.54, 1.807) is 7.11 Å². The van der Waals surface area contributed by atoms with Crippen LogP contribution >= 0.6 is 27.5 Å². The molecule has 1 aliphatic heterocycles. The standard InChI is InChI=1S/C15H22BrClN2O/c1-20-8-7-19(11-13-3-2-6-18-13)10-12-4-5-15(17)14(16)9-12/h4-5,9,13,18H,2-3,6-8,10-11H2,1H3. The molecule has 1 unspecified atom stereocenters. The molecule has 1 N–H and O–H groups in total. The Kier molecular flexibility index (Phi) is 6.78. The van der Waals surface area contributed by atoms with Crippen molar-refractivity contribution < 1.29 is 4.74 Å². The third-order valence-corrected chi connectivity index (χ3v) is 4.86. The van der Waals surface area contributed by atoms with Gasteiger partial charge < -0.3 is 10.1 Å². The van der Waals surface area contributed by atoms with Crippen LogP contribution in [0.3, 0.4) is 0 Å². The normalized spacial score (nSPS) is 18.9. The predicted octanol–water partition coefficient (Wildman–Crippen LogP) is 3.30. The van der Waals surface area contributed by atoms with Gasteiger partial charge in [-0.3, -0.25) is 4.90 Å². The van der Waals surface area contributed by atoms with Gasteiger partial charge in [0.1, 0.15) is 0 Å². The quantitative estimate of drug-likeness (QED) is 0.806. The first-order valence-electron chi connectivity index (χ1n) is 7.07. The molecule has 1 atom stereocenters. The van der Waals surface area contributed by atoms with Gasteiger partial charge in [-0.2, -0.15) is 0 Å². The fraction of sp³-hybridized carbons (Fsp3) is 0.600. The van der Waals surface area contributed by atoms with Crippen LogP contribution < -0.4 is 5.32 Å². The van der Waals surface area contributed by atoms with E-state index in [4.69, 9.17) is 16.3 Å². The summed E-state index contributed by atoms with van der Waals surface area (Å²) >= 11 is 9.54. The van der Waals surface area contributed by atoms with Gasteiger partial charge in [0.25, 0.3) is 0 Å². The van der Waals surface area contributed by atoms with Gasteiger partial charge in [0, 0.05) is 37.3 Å². The smallest absolute Gasteiger partial charge is 0.0589 e. The number of nitrogens with one attached hydrogen (secondary N) is 1. The molecule has 1 saturated heterocycles. The largest absolute Gasteiger partial charge is 0.383 e. The third-order valence-electron chi connectivity index (χ3n) is 3.64. The van der Waals surface area contributed by atoms with Crippen molar-refractivity contribution in [2.75, 3.05) is 33.4 Å². The van der Waals surface area contributed by atoms with Crippen LogP contribution in [0.4, 0.5) is 0 Å². The monoisotopic (exact) mass is 360 g/mol. The molecule has 1 heterocycles. The molecular weight excluding hydrogens is 340 g/mol. The molecule has 1 aromatic rings. The lowest BCUT2D eigenvalue weighted by molar-refractivity contribution is 0.138. The van der Waals surface area contributed by atoms with Crippen LogP contribution in [0.15, 0.2) is 22.7 Å². The predicted molar refractivity (Wildman–Crippen MR) is 87.3 cm³/mol. The highest BCUT2D eigenvalue weighted by Crippen LogP contribution is 2.24. The van der Waals surface area contributed by atoms with E-state index in [0.29, 0.717) is 6.04 Å². The van der Waals surface area contributed by atoms with Crippen molar-refractivity contribution in [3.05, 3.63) is 33.3 Å². The Balaban J connectivity index is 1.95. The van der Waals surface area contributed by atoms with Crippen LogP contribution in [0, 0.1) is 0 Å². The van der Waals surface area contributed by atoms with Crippen LogP contribution in [-0.4, -0.2) is 44.3 Å². The second kappa shape index (κ2) is 8.35. The maximum Gasteiger partial charge on any atom is 0.0589 e. The van der Waals surface area contributed by atoms with Crippen molar-refractivity contribution in [2.45, 2.75) is 25.4 Å². The maximum absolute atomic E-state index is 6.05. The summed E-state index contributed by atoms with van der Waals surface area (Å²) in [5, 5.41) is 4.32. The Labute approximate surface area is 134 Å². The number of hydrogen-bond donors (Lipinski definition) is 1. The zero-order chi connectivity index (χ0) is 14.4. The Morgan fingerprint density at radius 3 is 3.00 bits per heavy atom. The number of benzene rings is 1. The minimum atomic E-state index is 0.614. The van der Waals surface area contributed by atoms with Crippen LogP contribution in [0.2, 0.25) is 5.02 Å². The number of ether oxygens (including phenoxy) is 1. The van der Waals surface area contributed by atoms with Gasteiger partial charge in [0.2, 0.25) is 0 Å². The molecule has 0 saturated carbocycles. The molecule has 5 heteroatoms. The number of nitrogens with zero attached hydrogens (tertiary/aromatic N) is 1. The maximum atomic E-state index is 6.05. The molecule has 0 radical (unpaired) electrons. The SMILES string of the molecule is COCCN(Cc1ccc(Cl)c(Br)c1)CC1CCCN1. The summed E-state index contributed by atoms with van der Waals surface area (Å²) in [5.41, 5.74) is 1.27. The van der Waals surface area contributed by atoms with E-state index in [2.05, 4.69) is 38.3 Å². The van der Waals surface area contributed by atoms with E-state index in [9.17, 15) is 0 Å². The second-order valence-electron chi connectivity index (χ2n) is 5.27. The Morgan fingerprint density at radius 1 is 1.50 bits per heavy atom. The van der Waals surface area contributed by atoms with Gasteiger partial charge >= 0.3 is 0 Å². The van der Waals surface area contributed by atoms with Crippen LogP contribution in [0.5, 0.6) is 0 Å². The first kappa shape index (κ1) is 16.2. The Hall–Kier alpha value is -0.130. The molecule has 1 fully saturated rings. The average molecular weight is 362 g/mol. The fourth-order valence-corrected chi connectivity index (χ4v) is 3.12. The zero-order valence-corrected chi connectivity index (χ0v) is 14.2. The lowest BCUT2D eigenvalue weighted by Gasteiger charge is -2.25. The lowest BCUT2D eigenvalue weighted by atomic mass is 10.1. The van der Waals surface area contributed by atoms with E-state index in [1.165, 1.54) is 18.4 Å². The molecule has 3 nitrogen and oxygen atoms in total. The Morgan fingerprint density at radius 2 is 2.35 bits per heavy atom. The molecule has 20 heavy (non-hydrogen) atoms. The third kappa shape index (κ3) is 5.01. The summed E-state index contributed by atoms with van der Waals surface area (Å²) in [5.74, 6) is 0. The summed E-state index contributed by atoms with van der Waals surface area (Å²) in [6, 6.07) is 6.75. The van der Waals surface area contributed by atoms with Crippen molar-refractivity contribution in [1.82, 2.24) is 10.2 Å². The van der Waals surface area contributed by atoms with E-state index in [0.717, 1.165) is 42.3 Å². The van der Waals surface area contributed by atoms with Gasteiger partial charge in [0.05, 0.1) is 11.6 Å². The molecule has 2 rings (SSSR count). The first-order valence-corrected chi connectivity index (χ1v) is 8.24. The topological polar surface area (TPSA) is 24.5 Å². The molecule has 0 aromatic heterocycles. The van der Waals surface area contributed by atoms with Gasteiger partial charge in [-0.25, -0.2) is 0 Å². The van der Waals surface area contributed by atoms with Crippen molar-refractivity contribution in [1.29, 1.82) is 0 Å². The van der Waals surface area contributed by atoms with Crippen molar-refractivity contribution in [3.8, 4) is 0 Å². The van der Waals surface area contributed by atoms with Gasteiger partial charge in [-0.1, -0.05) is 17.7 Å². The van der Waals surface area contributed by atoms with E-state index in [1.807, 2.05) is 6.07 Å². The molecule has 112 valence electrons. The number of halogens is 2. The molecule has 1 aromatic carbocycles. The summed E-state index contributed by atoms with van der Waals surface area (Å²) in [6.45, 7) is 4.87. The zero-order valence-electron chi connectivity index (χ0n) is 11.9.